The van der Waals surface area contributed by atoms with Crippen LogP contribution in [-0.2, 0) is 0 Å². The smallest absolute Gasteiger partial charge is 0.387 e. The van der Waals surface area contributed by atoms with Gasteiger partial charge in [0.15, 0.2) is 5.75 Å². The van der Waals surface area contributed by atoms with Gasteiger partial charge in [0.1, 0.15) is 11.8 Å². The third kappa shape index (κ3) is 2.41. The average Bonchev–Trinajstić information content (AvgIpc) is 3.03. The van der Waals surface area contributed by atoms with Gasteiger partial charge in [-0.25, -0.2) is 0 Å². The predicted molar refractivity (Wildman–Crippen MR) is 53.6 cm³/mol. The Balaban J connectivity index is 2.30. The maximum atomic E-state index is 12.2. The summed E-state index contributed by atoms with van der Waals surface area (Å²) in [6.45, 7) is -2.98. The summed E-state index contributed by atoms with van der Waals surface area (Å²) in [6, 6.07) is 1.35. The lowest BCUT2D eigenvalue weighted by Crippen LogP contribution is -2.10. The molecule has 1 unspecified atom stereocenters. The number of halogens is 3. The van der Waals surface area contributed by atoms with E-state index < -0.39 is 12.7 Å². The third-order valence-corrected chi connectivity index (χ3v) is 2.74. The first-order valence-electron chi connectivity index (χ1n) is 4.87. The quantitative estimate of drug-likeness (QED) is 0.892. The molecule has 0 bridgehead atoms. The molecular formula is C10H10ClF2NO2. The van der Waals surface area contributed by atoms with Crippen LogP contribution in [0.5, 0.6) is 5.75 Å². The Labute approximate surface area is 96.0 Å². The van der Waals surface area contributed by atoms with Gasteiger partial charge in [-0.05, 0) is 24.8 Å². The summed E-state index contributed by atoms with van der Waals surface area (Å²) in [7, 11) is 0. The van der Waals surface area contributed by atoms with Crippen molar-refractivity contribution in [2.45, 2.75) is 25.6 Å². The monoisotopic (exact) mass is 249 g/mol. The Bertz CT molecular complexity index is 385. The molecule has 0 radical (unpaired) electrons. The Morgan fingerprint density at radius 1 is 1.50 bits per heavy atom. The molecule has 0 spiro atoms. The summed E-state index contributed by atoms with van der Waals surface area (Å²) in [4.78, 5) is 3.86. The minimum Gasteiger partial charge on any atom is -0.431 e. The standard InChI is InChI=1S/C10H10ClF2NO2/c11-6-3-4-14-7(8(15)5-1-2-5)9(6)16-10(12)13/h3-5,8,10,15H,1-2H2. The minimum absolute atomic E-state index is 0.0324. The van der Waals surface area contributed by atoms with E-state index in [9.17, 15) is 13.9 Å². The van der Waals surface area contributed by atoms with Gasteiger partial charge in [-0.1, -0.05) is 11.6 Å². The van der Waals surface area contributed by atoms with Crippen molar-refractivity contribution in [2.75, 3.05) is 0 Å². The van der Waals surface area contributed by atoms with Crippen LogP contribution in [0.25, 0.3) is 0 Å². The van der Waals surface area contributed by atoms with E-state index in [-0.39, 0.29) is 22.4 Å². The molecule has 1 aliphatic carbocycles. The van der Waals surface area contributed by atoms with Gasteiger partial charge in [-0.15, -0.1) is 0 Å². The number of nitrogens with zero attached hydrogens (tertiary/aromatic N) is 1. The molecule has 1 heterocycles. The SMILES string of the molecule is OC(c1nccc(Cl)c1OC(F)F)C1CC1. The molecule has 1 atom stereocenters. The molecule has 16 heavy (non-hydrogen) atoms. The fourth-order valence-electron chi connectivity index (χ4n) is 1.49. The first kappa shape index (κ1) is 11.5. The van der Waals surface area contributed by atoms with E-state index in [0.717, 1.165) is 12.8 Å². The summed E-state index contributed by atoms with van der Waals surface area (Å²) in [5.41, 5.74) is 0.0929. The molecule has 1 aliphatic rings. The van der Waals surface area contributed by atoms with Gasteiger partial charge < -0.3 is 9.84 Å². The van der Waals surface area contributed by atoms with Crippen molar-refractivity contribution in [1.29, 1.82) is 0 Å². The maximum Gasteiger partial charge on any atom is 0.387 e. The third-order valence-electron chi connectivity index (χ3n) is 2.44. The van der Waals surface area contributed by atoms with Crippen LogP contribution in [0.15, 0.2) is 12.3 Å². The number of ether oxygens (including phenoxy) is 1. The normalized spacial score (nSPS) is 17.6. The zero-order valence-electron chi connectivity index (χ0n) is 8.24. The van der Waals surface area contributed by atoms with Gasteiger partial charge in [0.25, 0.3) is 0 Å². The maximum absolute atomic E-state index is 12.2. The molecule has 1 aromatic heterocycles. The van der Waals surface area contributed by atoms with E-state index >= 15 is 0 Å². The summed E-state index contributed by atoms with van der Waals surface area (Å²) in [5, 5.41) is 9.86. The molecule has 1 saturated carbocycles. The van der Waals surface area contributed by atoms with E-state index in [1.807, 2.05) is 0 Å². The van der Waals surface area contributed by atoms with Crippen LogP contribution in [0.1, 0.15) is 24.6 Å². The van der Waals surface area contributed by atoms with E-state index in [1.165, 1.54) is 12.3 Å². The highest BCUT2D eigenvalue weighted by atomic mass is 35.5. The molecule has 0 aliphatic heterocycles. The Kier molecular flexibility index (Phi) is 3.25. The zero-order chi connectivity index (χ0) is 11.7. The zero-order valence-corrected chi connectivity index (χ0v) is 8.99. The number of hydrogen-bond donors (Lipinski definition) is 1. The van der Waals surface area contributed by atoms with Gasteiger partial charge in [-0.2, -0.15) is 8.78 Å². The summed E-state index contributed by atoms with van der Waals surface area (Å²) >= 11 is 5.73. The van der Waals surface area contributed by atoms with Crippen LogP contribution in [-0.4, -0.2) is 16.7 Å². The topological polar surface area (TPSA) is 42.4 Å². The van der Waals surface area contributed by atoms with E-state index in [1.54, 1.807) is 0 Å². The van der Waals surface area contributed by atoms with E-state index in [0.29, 0.717) is 0 Å². The largest absolute Gasteiger partial charge is 0.431 e. The van der Waals surface area contributed by atoms with Crippen molar-refractivity contribution in [2.24, 2.45) is 5.92 Å². The van der Waals surface area contributed by atoms with Crippen molar-refractivity contribution in [3.63, 3.8) is 0 Å². The van der Waals surface area contributed by atoms with Crippen molar-refractivity contribution >= 4 is 11.6 Å². The number of pyridine rings is 1. The van der Waals surface area contributed by atoms with Crippen LogP contribution in [0.4, 0.5) is 8.78 Å². The van der Waals surface area contributed by atoms with E-state index in [4.69, 9.17) is 11.6 Å². The fourth-order valence-corrected chi connectivity index (χ4v) is 1.69. The van der Waals surface area contributed by atoms with Gasteiger partial charge in [0, 0.05) is 6.20 Å². The van der Waals surface area contributed by atoms with Crippen LogP contribution >= 0.6 is 11.6 Å². The number of alkyl halides is 2. The second-order valence-electron chi connectivity index (χ2n) is 3.67. The lowest BCUT2D eigenvalue weighted by molar-refractivity contribution is -0.0521. The number of hydrogen-bond acceptors (Lipinski definition) is 3. The number of rotatable bonds is 4. The van der Waals surface area contributed by atoms with E-state index in [2.05, 4.69) is 9.72 Å². The fraction of sp³-hybridized carbons (Fsp3) is 0.500. The van der Waals surface area contributed by atoms with Gasteiger partial charge in [-0.3, -0.25) is 4.98 Å². The highest BCUT2D eigenvalue weighted by Crippen LogP contribution is 2.44. The number of aliphatic hydroxyl groups excluding tert-OH is 1. The van der Waals surface area contributed by atoms with Crippen molar-refractivity contribution in [1.82, 2.24) is 4.98 Å². The molecule has 0 aromatic carbocycles. The molecule has 0 amide bonds. The van der Waals surface area contributed by atoms with Crippen molar-refractivity contribution in [3.05, 3.63) is 23.0 Å². The lowest BCUT2D eigenvalue weighted by atomic mass is 10.1. The second kappa shape index (κ2) is 4.51. The predicted octanol–water partition coefficient (Wildman–Crippen LogP) is 2.78. The molecule has 0 saturated heterocycles. The molecule has 2 rings (SSSR count). The molecule has 1 aromatic rings. The number of aromatic nitrogens is 1. The number of aliphatic hydroxyl groups is 1. The summed E-state index contributed by atoms with van der Waals surface area (Å²) < 4.78 is 28.6. The van der Waals surface area contributed by atoms with Crippen LogP contribution < -0.4 is 4.74 Å². The lowest BCUT2D eigenvalue weighted by Gasteiger charge is -2.15. The molecule has 1 fully saturated rings. The molecule has 88 valence electrons. The summed E-state index contributed by atoms with van der Waals surface area (Å²) in [5.74, 6) is -0.149. The van der Waals surface area contributed by atoms with Gasteiger partial charge in [0.2, 0.25) is 0 Å². The Hall–Kier alpha value is -0.940. The van der Waals surface area contributed by atoms with Crippen molar-refractivity contribution in [3.8, 4) is 5.75 Å². The van der Waals surface area contributed by atoms with Crippen LogP contribution in [0.2, 0.25) is 5.02 Å². The average molecular weight is 250 g/mol. The van der Waals surface area contributed by atoms with Crippen molar-refractivity contribution < 1.29 is 18.6 Å². The Morgan fingerprint density at radius 3 is 2.75 bits per heavy atom. The first-order valence-corrected chi connectivity index (χ1v) is 5.24. The molecule has 3 nitrogen and oxygen atoms in total. The van der Waals surface area contributed by atoms with Crippen LogP contribution in [0, 0.1) is 5.92 Å². The molecule has 1 N–H and O–H groups in total. The molecular weight excluding hydrogens is 240 g/mol. The highest BCUT2D eigenvalue weighted by Gasteiger charge is 2.34. The second-order valence-corrected chi connectivity index (χ2v) is 4.08. The molecule has 6 heteroatoms. The van der Waals surface area contributed by atoms with Gasteiger partial charge in [0.05, 0.1) is 5.02 Å². The van der Waals surface area contributed by atoms with Gasteiger partial charge >= 0.3 is 6.61 Å². The minimum atomic E-state index is -2.98. The summed E-state index contributed by atoms with van der Waals surface area (Å²) in [6.07, 6.45) is 2.21. The first-order chi connectivity index (χ1) is 7.59. The Morgan fingerprint density at radius 2 is 2.19 bits per heavy atom. The highest BCUT2D eigenvalue weighted by molar-refractivity contribution is 6.32. The van der Waals surface area contributed by atoms with Crippen LogP contribution in [0.3, 0.4) is 0 Å².